The Morgan fingerprint density at radius 1 is 1.50 bits per heavy atom. The highest BCUT2D eigenvalue weighted by atomic mass is 32.2. The van der Waals surface area contributed by atoms with Crippen LogP contribution in [0.15, 0.2) is 24.4 Å². The molecular weight excluding hydrogens is 284 g/mol. The van der Waals surface area contributed by atoms with Gasteiger partial charge in [-0.2, -0.15) is 4.31 Å². The summed E-state index contributed by atoms with van der Waals surface area (Å²) in [5.74, 6) is -1.23. The van der Waals surface area contributed by atoms with E-state index >= 15 is 0 Å². The predicted octanol–water partition coefficient (Wildman–Crippen LogP) is -0.261. The number of carboxylic acid groups (broad SMARTS) is 1. The first kappa shape index (κ1) is 14.9. The van der Waals surface area contributed by atoms with Gasteiger partial charge < -0.3 is 9.84 Å². The van der Waals surface area contributed by atoms with Crippen molar-refractivity contribution in [3.8, 4) is 0 Å². The molecule has 2 heterocycles. The van der Waals surface area contributed by atoms with E-state index < -0.39 is 22.1 Å². The lowest BCUT2D eigenvalue weighted by molar-refractivity contribution is -0.153. The van der Waals surface area contributed by atoms with Crippen molar-refractivity contribution in [1.29, 1.82) is 0 Å². The molecule has 0 saturated carbocycles. The number of rotatable bonds is 5. The molecule has 1 unspecified atom stereocenters. The summed E-state index contributed by atoms with van der Waals surface area (Å²) < 4.78 is 30.5. The number of hydrogen-bond acceptors (Lipinski definition) is 5. The number of ether oxygens (including phenoxy) is 1. The Bertz CT molecular complexity index is 560. The first-order valence-electron chi connectivity index (χ1n) is 6.21. The van der Waals surface area contributed by atoms with Crippen LogP contribution in [0.1, 0.15) is 5.69 Å². The Morgan fingerprint density at radius 3 is 2.95 bits per heavy atom. The van der Waals surface area contributed by atoms with E-state index in [1.807, 2.05) is 0 Å². The number of aliphatic carboxylic acids is 1. The van der Waals surface area contributed by atoms with Crippen molar-refractivity contribution in [2.75, 3.05) is 25.4 Å². The van der Waals surface area contributed by atoms with Crippen molar-refractivity contribution >= 4 is 16.0 Å². The highest BCUT2D eigenvalue weighted by Gasteiger charge is 2.32. The Hall–Kier alpha value is -1.51. The average Bonchev–Trinajstić information content (AvgIpc) is 2.46. The van der Waals surface area contributed by atoms with E-state index in [-0.39, 0.29) is 25.4 Å². The number of carboxylic acids is 1. The summed E-state index contributed by atoms with van der Waals surface area (Å²) >= 11 is 0. The molecule has 1 aromatic rings. The molecule has 7 nitrogen and oxygen atoms in total. The largest absolute Gasteiger partial charge is 0.479 e. The summed E-state index contributed by atoms with van der Waals surface area (Å²) in [5, 5.41) is 8.87. The molecule has 8 heteroatoms. The Balaban J connectivity index is 1.97. The van der Waals surface area contributed by atoms with Gasteiger partial charge in [-0.05, 0) is 12.1 Å². The molecule has 110 valence electrons. The van der Waals surface area contributed by atoms with Crippen molar-refractivity contribution in [2.45, 2.75) is 12.5 Å². The molecule has 0 aromatic carbocycles. The molecule has 1 atom stereocenters. The van der Waals surface area contributed by atoms with Gasteiger partial charge in [0.05, 0.1) is 18.9 Å². The predicted molar refractivity (Wildman–Crippen MR) is 70.7 cm³/mol. The second-order valence-electron chi connectivity index (χ2n) is 4.44. The number of aryl methyl sites for hydroxylation is 1. The van der Waals surface area contributed by atoms with E-state index in [1.54, 1.807) is 24.4 Å². The van der Waals surface area contributed by atoms with Crippen molar-refractivity contribution in [2.24, 2.45) is 0 Å². The molecule has 20 heavy (non-hydrogen) atoms. The third kappa shape index (κ3) is 3.75. The third-order valence-corrected chi connectivity index (χ3v) is 4.88. The van der Waals surface area contributed by atoms with E-state index in [4.69, 9.17) is 9.84 Å². The van der Waals surface area contributed by atoms with Crippen LogP contribution >= 0.6 is 0 Å². The minimum Gasteiger partial charge on any atom is -0.479 e. The Labute approximate surface area is 117 Å². The van der Waals surface area contributed by atoms with Gasteiger partial charge in [-0.25, -0.2) is 13.2 Å². The van der Waals surface area contributed by atoms with Crippen LogP contribution in [0.4, 0.5) is 0 Å². The first-order chi connectivity index (χ1) is 9.49. The maximum Gasteiger partial charge on any atom is 0.334 e. The number of hydrogen-bond donors (Lipinski definition) is 1. The molecule has 0 aliphatic carbocycles. The summed E-state index contributed by atoms with van der Waals surface area (Å²) in [6.45, 7) is 0.147. The second-order valence-corrected chi connectivity index (χ2v) is 6.53. The van der Waals surface area contributed by atoms with Gasteiger partial charge in [0.1, 0.15) is 0 Å². The van der Waals surface area contributed by atoms with Gasteiger partial charge in [0.15, 0.2) is 6.10 Å². The molecular formula is C12H16N2O5S. The zero-order valence-electron chi connectivity index (χ0n) is 10.8. The third-order valence-electron chi connectivity index (χ3n) is 3.04. The van der Waals surface area contributed by atoms with Crippen LogP contribution in [-0.2, 0) is 26.0 Å². The van der Waals surface area contributed by atoms with Crippen LogP contribution < -0.4 is 0 Å². The van der Waals surface area contributed by atoms with Crippen LogP contribution in [0.2, 0.25) is 0 Å². The van der Waals surface area contributed by atoms with Crippen LogP contribution in [-0.4, -0.2) is 60.3 Å². The molecule has 1 N–H and O–H groups in total. The van der Waals surface area contributed by atoms with Gasteiger partial charge >= 0.3 is 5.97 Å². The number of aromatic nitrogens is 1. The molecule has 1 saturated heterocycles. The summed E-state index contributed by atoms with van der Waals surface area (Å²) in [4.78, 5) is 14.9. The fraction of sp³-hybridized carbons (Fsp3) is 0.500. The quantitative estimate of drug-likeness (QED) is 0.804. The molecule has 0 spiro atoms. The van der Waals surface area contributed by atoms with Gasteiger partial charge in [-0.3, -0.25) is 4.98 Å². The van der Waals surface area contributed by atoms with Crippen LogP contribution in [0, 0.1) is 0 Å². The van der Waals surface area contributed by atoms with Gasteiger partial charge in [0, 0.05) is 24.9 Å². The zero-order valence-corrected chi connectivity index (χ0v) is 11.6. The van der Waals surface area contributed by atoms with E-state index in [9.17, 15) is 13.2 Å². The number of nitrogens with zero attached hydrogens (tertiary/aromatic N) is 2. The Morgan fingerprint density at radius 2 is 2.30 bits per heavy atom. The van der Waals surface area contributed by atoms with Crippen molar-refractivity contribution < 1.29 is 23.1 Å². The molecule has 2 rings (SSSR count). The maximum absolute atomic E-state index is 12.2. The van der Waals surface area contributed by atoms with Crippen molar-refractivity contribution in [3.63, 3.8) is 0 Å². The SMILES string of the molecule is O=C(O)C1CN(S(=O)(=O)CCc2ccccn2)CCO1. The highest BCUT2D eigenvalue weighted by Crippen LogP contribution is 2.12. The van der Waals surface area contributed by atoms with Crippen LogP contribution in [0.5, 0.6) is 0 Å². The fourth-order valence-electron chi connectivity index (χ4n) is 1.94. The van der Waals surface area contributed by atoms with Gasteiger partial charge in [-0.15, -0.1) is 0 Å². The summed E-state index contributed by atoms with van der Waals surface area (Å²) in [6.07, 6.45) is 0.823. The minimum atomic E-state index is -3.50. The molecule has 0 radical (unpaired) electrons. The van der Waals surface area contributed by atoms with Gasteiger partial charge in [0.2, 0.25) is 10.0 Å². The second kappa shape index (κ2) is 6.29. The van der Waals surface area contributed by atoms with Crippen LogP contribution in [0.25, 0.3) is 0 Å². The zero-order chi connectivity index (χ0) is 14.6. The Kier molecular flexibility index (Phi) is 4.69. The lowest BCUT2D eigenvalue weighted by Crippen LogP contribution is -2.49. The molecule has 0 bridgehead atoms. The molecule has 1 aliphatic heterocycles. The average molecular weight is 300 g/mol. The van der Waals surface area contributed by atoms with Crippen LogP contribution in [0.3, 0.4) is 0 Å². The van der Waals surface area contributed by atoms with E-state index in [0.717, 1.165) is 0 Å². The topological polar surface area (TPSA) is 96.8 Å². The van der Waals surface area contributed by atoms with Crippen molar-refractivity contribution in [3.05, 3.63) is 30.1 Å². The standard InChI is InChI=1S/C12H16N2O5S/c15-12(16)11-9-14(6-7-19-11)20(17,18)8-4-10-3-1-2-5-13-10/h1-3,5,11H,4,6-9H2,(H,15,16). The van der Waals surface area contributed by atoms with E-state index in [0.29, 0.717) is 12.1 Å². The van der Waals surface area contributed by atoms with E-state index in [1.165, 1.54) is 4.31 Å². The summed E-state index contributed by atoms with van der Waals surface area (Å²) in [7, 11) is -3.50. The number of morpholine rings is 1. The summed E-state index contributed by atoms with van der Waals surface area (Å²) in [5.41, 5.74) is 0.694. The fourth-order valence-corrected chi connectivity index (χ4v) is 3.38. The normalized spacial score (nSPS) is 20.7. The number of carbonyl (C=O) groups is 1. The maximum atomic E-state index is 12.2. The number of sulfonamides is 1. The lowest BCUT2D eigenvalue weighted by atomic mass is 10.3. The monoisotopic (exact) mass is 300 g/mol. The minimum absolute atomic E-state index is 0.0870. The summed E-state index contributed by atoms with van der Waals surface area (Å²) in [6, 6.07) is 5.32. The highest BCUT2D eigenvalue weighted by molar-refractivity contribution is 7.89. The first-order valence-corrected chi connectivity index (χ1v) is 7.82. The molecule has 1 fully saturated rings. The van der Waals surface area contributed by atoms with Gasteiger partial charge in [0.25, 0.3) is 0 Å². The van der Waals surface area contributed by atoms with E-state index in [2.05, 4.69) is 4.98 Å². The molecule has 0 amide bonds. The van der Waals surface area contributed by atoms with Crippen molar-refractivity contribution in [1.82, 2.24) is 9.29 Å². The smallest absolute Gasteiger partial charge is 0.334 e. The molecule has 1 aliphatic rings. The number of pyridine rings is 1. The lowest BCUT2D eigenvalue weighted by Gasteiger charge is -2.29. The van der Waals surface area contributed by atoms with Gasteiger partial charge in [-0.1, -0.05) is 6.07 Å². The molecule has 1 aromatic heterocycles.